The van der Waals surface area contributed by atoms with Crippen LogP contribution in [0.3, 0.4) is 0 Å². The maximum atomic E-state index is 12.2. The molecule has 2 unspecified atom stereocenters. The molecule has 0 aromatic heterocycles. The lowest BCUT2D eigenvalue weighted by atomic mass is 9.89. The van der Waals surface area contributed by atoms with Gasteiger partial charge in [0, 0.05) is 19.0 Å². The smallest absolute Gasteiger partial charge is 0.226 e. The van der Waals surface area contributed by atoms with E-state index in [9.17, 15) is 4.79 Å². The van der Waals surface area contributed by atoms with Crippen molar-refractivity contribution in [2.45, 2.75) is 46.6 Å². The van der Waals surface area contributed by atoms with Crippen LogP contribution in [0, 0.1) is 29.6 Å². The van der Waals surface area contributed by atoms with Crippen LogP contribution in [0.5, 0.6) is 0 Å². The highest BCUT2D eigenvalue weighted by atomic mass is 16.2. The predicted molar refractivity (Wildman–Crippen MR) is 65.9 cm³/mol. The molecule has 0 aromatic rings. The van der Waals surface area contributed by atoms with Gasteiger partial charge >= 0.3 is 0 Å². The lowest BCUT2D eigenvalue weighted by Gasteiger charge is -2.24. The number of hydrogen-bond donors (Lipinski definition) is 0. The molecule has 92 valence electrons. The van der Waals surface area contributed by atoms with Gasteiger partial charge in [-0.25, -0.2) is 0 Å². The highest BCUT2D eigenvalue weighted by Crippen LogP contribution is 2.61. The van der Waals surface area contributed by atoms with Gasteiger partial charge in [-0.1, -0.05) is 13.8 Å². The third-order valence-electron chi connectivity index (χ3n) is 4.83. The topological polar surface area (TPSA) is 20.3 Å². The summed E-state index contributed by atoms with van der Waals surface area (Å²) in [7, 11) is 1.95. The number of hydrogen-bond acceptors (Lipinski definition) is 1. The molecule has 16 heavy (non-hydrogen) atoms. The Hall–Kier alpha value is -0.530. The number of nitrogens with zero attached hydrogens (tertiary/aromatic N) is 1. The Morgan fingerprint density at radius 3 is 2.00 bits per heavy atom. The van der Waals surface area contributed by atoms with Gasteiger partial charge in [0.25, 0.3) is 0 Å². The third kappa shape index (κ3) is 1.87. The monoisotopic (exact) mass is 223 g/mol. The minimum absolute atomic E-state index is 0.342. The van der Waals surface area contributed by atoms with Crippen LogP contribution in [0.2, 0.25) is 0 Å². The fraction of sp³-hybridized carbons (Fsp3) is 0.929. The van der Waals surface area contributed by atoms with Gasteiger partial charge in [0.15, 0.2) is 0 Å². The number of fused-ring (bicyclic) bond motifs is 1. The van der Waals surface area contributed by atoms with Crippen molar-refractivity contribution >= 4 is 5.91 Å². The van der Waals surface area contributed by atoms with Gasteiger partial charge in [-0.05, 0) is 50.4 Å². The van der Waals surface area contributed by atoms with Crippen molar-refractivity contribution in [3.8, 4) is 0 Å². The second kappa shape index (κ2) is 4.05. The Morgan fingerprint density at radius 2 is 1.62 bits per heavy atom. The van der Waals surface area contributed by atoms with Gasteiger partial charge < -0.3 is 4.90 Å². The van der Waals surface area contributed by atoms with Crippen molar-refractivity contribution < 1.29 is 4.79 Å². The summed E-state index contributed by atoms with van der Waals surface area (Å²) in [6.45, 7) is 8.80. The maximum absolute atomic E-state index is 12.2. The number of carbonyl (C=O) groups excluding carboxylic acids is 1. The Kier molecular flexibility index (Phi) is 3.02. The molecule has 0 N–H and O–H groups in total. The van der Waals surface area contributed by atoms with E-state index >= 15 is 0 Å². The fourth-order valence-corrected chi connectivity index (χ4v) is 3.28. The lowest BCUT2D eigenvalue weighted by Crippen LogP contribution is -2.35. The fourth-order valence-electron chi connectivity index (χ4n) is 3.28. The lowest BCUT2D eigenvalue weighted by molar-refractivity contribution is -0.133. The molecule has 0 radical (unpaired) electrons. The van der Waals surface area contributed by atoms with E-state index < -0.39 is 0 Å². The van der Waals surface area contributed by atoms with Crippen LogP contribution in [0.25, 0.3) is 0 Å². The molecule has 0 bridgehead atoms. The van der Waals surface area contributed by atoms with Crippen molar-refractivity contribution in [1.82, 2.24) is 4.90 Å². The van der Waals surface area contributed by atoms with Gasteiger partial charge in [0.1, 0.15) is 0 Å². The maximum Gasteiger partial charge on any atom is 0.226 e. The van der Waals surface area contributed by atoms with Crippen LogP contribution < -0.4 is 0 Å². The number of amides is 1. The molecule has 1 amide bonds. The summed E-state index contributed by atoms with van der Waals surface area (Å²) in [5, 5.41) is 0. The zero-order chi connectivity index (χ0) is 12.0. The quantitative estimate of drug-likeness (QED) is 0.720. The average molecular weight is 223 g/mol. The first-order valence-corrected chi connectivity index (χ1v) is 6.70. The van der Waals surface area contributed by atoms with E-state index in [-0.39, 0.29) is 0 Å². The largest absolute Gasteiger partial charge is 0.343 e. The zero-order valence-electron chi connectivity index (χ0n) is 11.2. The Morgan fingerprint density at radius 1 is 1.12 bits per heavy atom. The van der Waals surface area contributed by atoms with E-state index in [4.69, 9.17) is 0 Å². The molecule has 2 nitrogen and oxygen atoms in total. The summed E-state index contributed by atoms with van der Waals surface area (Å²) >= 11 is 0. The molecule has 2 aliphatic carbocycles. The average Bonchev–Trinajstić information content (AvgIpc) is 2.69. The molecule has 2 rings (SSSR count). The van der Waals surface area contributed by atoms with E-state index in [0.717, 1.165) is 23.7 Å². The van der Waals surface area contributed by atoms with Gasteiger partial charge in [-0.3, -0.25) is 4.79 Å². The van der Waals surface area contributed by atoms with E-state index in [0.29, 0.717) is 17.9 Å². The van der Waals surface area contributed by atoms with Gasteiger partial charge in [0.05, 0.1) is 0 Å². The van der Waals surface area contributed by atoms with Crippen LogP contribution in [-0.2, 0) is 4.79 Å². The van der Waals surface area contributed by atoms with Crippen molar-refractivity contribution in [2.24, 2.45) is 29.6 Å². The minimum atomic E-state index is 0.342. The van der Waals surface area contributed by atoms with Crippen molar-refractivity contribution in [3.05, 3.63) is 0 Å². The summed E-state index contributed by atoms with van der Waals surface area (Å²) in [6.07, 6.45) is 2.59. The molecule has 2 atom stereocenters. The summed E-state index contributed by atoms with van der Waals surface area (Å²) in [4.78, 5) is 14.1. The first-order valence-electron chi connectivity index (χ1n) is 6.70. The van der Waals surface area contributed by atoms with Crippen LogP contribution in [0.15, 0.2) is 0 Å². The standard InChI is InChI=1S/C14H25NO/c1-8(2)10-6-11-12(7-10)13(11)14(16)15(5)9(3)4/h8-13H,6-7H2,1-5H3. The van der Waals surface area contributed by atoms with E-state index in [2.05, 4.69) is 27.7 Å². The molecule has 0 aliphatic heterocycles. The molecule has 2 aliphatic rings. The summed E-state index contributed by atoms with van der Waals surface area (Å²) in [5.41, 5.74) is 0. The number of rotatable bonds is 3. The van der Waals surface area contributed by atoms with E-state index in [1.54, 1.807) is 0 Å². The normalized spacial score (nSPS) is 36.7. The zero-order valence-corrected chi connectivity index (χ0v) is 11.2. The van der Waals surface area contributed by atoms with Crippen LogP contribution in [0.1, 0.15) is 40.5 Å². The second-order valence-corrected chi connectivity index (χ2v) is 6.37. The first kappa shape index (κ1) is 11.9. The summed E-state index contributed by atoms with van der Waals surface area (Å²) in [6, 6.07) is 0.342. The van der Waals surface area contributed by atoms with Crippen molar-refractivity contribution in [2.75, 3.05) is 7.05 Å². The predicted octanol–water partition coefficient (Wildman–Crippen LogP) is 2.78. The van der Waals surface area contributed by atoms with Gasteiger partial charge in [-0.2, -0.15) is 0 Å². The molecule has 0 heterocycles. The van der Waals surface area contributed by atoms with Crippen molar-refractivity contribution in [1.29, 1.82) is 0 Å². The summed E-state index contributed by atoms with van der Waals surface area (Å²) in [5.74, 6) is 3.89. The van der Waals surface area contributed by atoms with Gasteiger partial charge in [-0.15, -0.1) is 0 Å². The highest BCUT2D eigenvalue weighted by Gasteiger charge is 2.60. The molecular formula is C14H25NO. The molecule has 0 spiro atoms. The molecule has 0 saturated heterocycles. The molecule has 2 saturated carbocycles. The SMILES string of the molecule is CC(C)C1CC2C(C1)C2C(=O)N(C)C(C)C. The third-order valence-corrected chi connectivity index (χ3v) is 4.83. The second-order valence-electron chi connectivity index (χ2n) is 6.37. The number of carbonyl (C=O) groups is 1. The van der Waals surface area contributed by atoms with E-state index in [1.807, 2.05) is 11.9 Å². The molecular weight excluding hydrogens is 198 g/mol. The highest BCUT2D eigenvalue weighted by molar-refractivity contribution is 5.82. The van der Waals surface area contributed by atoms with Crippen LogP contribution in [0.4, 0.5) is 0 Å². The molecule has 0 aromatic carbocycles. The Labute approximate surface area is 99.4 Å². The Balaban J connectivity index is 1.88. The van der Waals surface area contributed by atoms with Crippen LogP contribution >= 0.6 is 0 Å². The summed E-state index contributed by atoms with van der Waals surface area (Å²) < 4.78 is 0. The van der Waals surface area contributed by atoms with Gasteiger partial charge in [0.2, 0.25) is 5.91 Å². The van der Waals surface area contributed by atoms with Crippen LogP contribution in [-0.4, -0.2) is 23.9 Å². The molecule has 2 heteroatoms. The Bertz CT molecular complexity index is 272. The van der Waals surface area contributed by atoms with Crippen molar-refractivity contribution in [3.63, 3.8) is 0 Å². The molecule has 2 fully saturated rings. The first-order chi connectivity index (χ1) is 7.43. The minimum Gasteiger partial charge on any atom is -0.343 e. The van der Waals surface area contributed by atoms with E-state index in [1.165, 1.54) is 12.8 Å².